The summed E-state index contributed by atoms with van der Waals surface area (Å²) in [5.74, 6) is 0. The number of nitrogens with one attached hydrogen (secondary N) is 1. The van der Waals surface area contributed by atoms with Crippen molar-refractivity contribution in [2.75, 3.05) is 6.54 Å². The molecular formula is C19H19NO2. The lowest BCUT2D eigenvalue weighted by atomic mass is 10.1. The van der Waals surface area contributed by atoms with E-state index in [9.17, 15) is 4.79 Å². The Kier molecular flexibility index (Phi) is 6.00. The van der Waals surface area contributed by atoms with E-state index in [1.807, 2.05) is 66.7 Å². The lowest BCUT2D eigenvalue weighted by molar-refractivity contribution is 0.141. The minimum Gasteiger partial charge on any atom is -0.445 e. The first kappa shape index (κ1) is 15.6. The molecule has 0 fully saturated rings. The largest absolute Gasteiger partial charge is 0.445 e. The molecule has 1 amide bonds. The van der Waals surface area contributed by atoms with E-state index in [-0.39, 0.29) is 6.61 Å². The average molecular weight is 293 g/mol. The number of hydrogen-bond donors (Lipinski definition) is 1. The van der Waals surface area contributed by atoms with Gasteiger partial charge in [0.25, 0.3) is 0 Å². The molecule has 0 atom stereocenters. The van der Waals surface area contributed by atoms with Crippen LogP contribution in [-0.2, 0) is 11.3 Å². The molecule has 0 aliphatic carbocycles. The molecule has 3 heteroatoms. The summed E-state index contributed by atoms with van der Waals surface area (Å²) in [5, 5.41) is 2.68. The zero-order valence-electron chi connectivity index (χ0n) is 12.4. The molecule has 0 radical (unpaired) electrons. The maximum Gasteiger partial charge on any atom is 0.407 e. The van der Waals surface area contributed by atoms with Gasteiger partial charge in [-0.3, -0.25) is 0 Å². The van der Waals surface area contributed by atoms with Crippen LogP contribution < -0.4 is 5.32 Å². The molecule has 0 aliphatic rings. The Balaban J connectivity index is 1.72. The van der Waals surface area contributed by atoms with Gasteiger partial charge in [-0.15, -0.1) is 0 Å². The van der Waals surface area contributed by atoms with E-state index in [1.165, 1.54) is 0 Å². The van der Waals surface area contributed by atoms with Crippen LogP contribution in [0.3, 0.4) is 0 Å². The van der Waals surface area contributed by atoms with Crippen LogP contribution in [0.15, 0.2) is 67.3 Å². The SMILES string of the molecule is C=Cc1cccc(C=CCNC(=O)OCc2ccccc2)c1. The number of carbonyl (C=O) groups excluding carboxylic acids is 1. The van der Waals surface area contributed by atoms with Gasteiger partial charge < -0.3 is 10.1 Å². The van der Waals surface area contributed by atoms with Gasteiger partial charge in [-0.25, -0.2) is 4.79 Å². The van der Waals surface area contributed by atoms with E-state index in [0.29, 0.717) is 6.54 Å². The zero-order valence-corrected chi connectivity index (χ0v) is 12.4. The summed E-state index contributed by atoms with van der Waals surface area (Å²) in [6.07, 6.45) is 5.21. The smallest absolute Gasteiger partial charge is 0.407 e. The van der Waals surface area contributed by atoms with Gasteiger partial charge in [-0.05, 0) is 22.8 Å². The highest BCUT2D eigenvalue weighted by molar-refractivity contribution is 5.67. The number of amides is 1. The van der Waals surface area contributed by atoms with Crippen LogP contribution in [0, 0.1) is 0 Å². The first-order valence-electron chi connectivity index (χ1n) is 7.11. The van der Waals surface area contributed by atoms with Gasteiger partial charge in [0.1, 0.15) is 6.61 Å². The molecule has 0 unspecified atom stereocenters. The summed E-state index contributed by atoms with van der Waals surface area (Å²) in [4.78, 5) is 11.5. The Labute approximate surface area is 130 Å². The lowest BCUT2D eigenvalue weighted by Crippen LogP contribution is -2.24. The van der Waals surface area contributed by atoms with Crippen molar-refractivity contribution >= 4 is 18.2 Å². The van der Waals surface area contributed by atoms with Gasteiger partial charge in [0.15, 0.2) is 0 Å². The molecule has 3 nitrogen and oxygen atoms in total. The molecule has 22 heavy (non-hydrogen) atoms. The van der Waals surface area contributed by atoms with Crippen molar-refractivity contribution in [3.05, 3.63) is 83.9 Å². The molecule has 2 rings (SSSR count). The molecule has 0 saturated heterocycles. The van der Waals surface area contributed by atoms with Crippen LogP contribution in [-0.4, -0.2) is 12.6 Å². The lowest BCUT2D eigenvalue weighted by Gasteiger charge is -2.05. The predicted molar refractivity (Wildman–Crippen MR) is 90.2 cm³/mol. The normalized spacial score (nSPS) is 10.4. The molecule has 0 aliphatic heterocycles. The molecule has 2 aromatic carbocycles. The Morgan fingerprint density at radius 1 is 1.09 bits per heavy atom. The van der Waals surface area contributed by atoms with E-state index in [2.05, 4.69) is 11.9 Å². The molecule has 1 N–H and O–H groups in total. The van der Waals surface area contributed by atoms with E-state index < -0.39 is 6.09 Å². The summed E-state index contributed by atoms with van der Waals surface area (Å²) in [5.41, 5.74) is 3.10. The molecule has 0 aromatic heterocycles. The zero-order chi connectivity index (χ0) is 15.6. The van der Waals surface area contributed by atoms with Crippen LogP contribution in [0.5, 0.6) is 0 Å². The van der Waals surface area contributed by atoms with Gasteiger partial charge in [0, 0.05) is 6.54 Å². The van der Waals surface area contributed by atoms with Crippen LogP contribution in [0.4, 0.5) is 4.79 Å². The highest BCUT2D eigenvalue weighted by Gasteiger charge is 2.00. The first-order chi connectivity index (χ1) is 10.8. The van der Waals surface area contributed by atoms with Crippen molar-refractivity contribution < 1.29 is 9.53 Å². The molecule has 0 saturated carbocycles. The number of hydrogen-bond acceptors (Lipinski definition) is 2. The predicted octanol–water partition coefficient (Wildman–Crippen LogP) is 4.27. The summed E-state index contributed by atoms with van der Waals surface area (Å²) in [6.45, 7) is 4.44. The first-order valence-corrected chi connectivity index (χ1v) is 7.11. The van der Waals surface area contributed by atoms with Crippen LogP contribution >= 0.6 is 0 Å². The topological polar surface area (TPSA) is 38.3 Å². The third-order valence-electron chi connectivity index (χ3n) is 3.03. The standard InChI is InChI=1S/C19H19NO2/c1-2-16-10-6-11-17(14-16)12-7-13-20-19(21)22-15-18-8-4-3-5-9-18/h2-12,14H,1,13,15H2,(H,20,21). The summed E-state index contributed by atoms with van der Waals surface area (Å²) >= 11 is 0. The molecule has 0 heterocycles. The molecule has 0 bridgehead atoms. The third kappa shape index (κ3) is 5.29. The second-order valence-corrected chi connectivity index (χ2v) is 4.72. The van der Waals surface area contributed by atoms with Crippen molar-refractivity contribution in [1.82, 2.24) is 5.32 Å². The minimum absolute atomic E-state index is 0.276. The molecular weight excluding hydrogens is 274 g/mol. The van der Waals surface area contributed by atoms with Crippen molar-refractivity contribution in [1.29, 1.82) is 0 Å². The second-order valence-electron chi connectivity index (χ2n) is 4.72. The molecule has 112 valence electrons. The van der Waals surface area contributed by atoms with E-state index in [1.54, 1.807) is 6.08 Å². The number of rotatable bonds is 6. The Bertz CT molecular complexity index is 647. The van der Waals surface area contributed by atoms with E-state index >= 15 is 0 Å². The monoisotopic (exact) mass is 293 g/mol. The minimum atomic E-state index is -0.423. The fourth-order valence-electron chi connectivity index (χ4n) is 1.90. The fraction of sp³-hybridized carbons (Fsp3) is 0.105. The molecule has 2 aromatic rings. The van der Waals surface area contributed by atoms with Crippen molar-refractivity contribution in [3.63, 3.8) is 0 Å². The van der Waals surface area contributed by atoms with Gasteiger partial charge in [0.05, 0.1) is 0 Å². The maximum atomic E-state index is 11.5. The third-order valence-corrected chi connectivity index (χ3v) is 3.03. The van der Waals surface area contributed by atoms with Crippen LogP contribution in [0.2, 0.25) is 0 Å². The van der Waals surface area contributed by atoms with Gasteiger partial charge >= 0.3 is 6.09 Å². The van der Waals surface area contributed by atoms with E-state index in [4.69, 9.17) is 4.74 Å². The average Bonchev–Trinajstić information content (AvgIpc) is 2.58. The summed E-state index contributed by atoms with van der Waals surface area (Å²) in [6, 6.07) is 17.6. The summed E-state index contributed by atoms with van der Waals surface area (Å²) < 4.78 is 5.12. The van der Waals surface area contributed by atoms with Gasteiger partial charge in [-0.2, -0.15) is 0 Å². The van der Waals surface area contributed by atoms with Crippen molar-refractivity contribution in [3.8, 4) is 0 Å². The Morgan fingerprint density at radius 3 is 2.64 bits per heavy atom. The van der Waals surface area contributed by atoms with E-state index in [0.717, 1.165) is 16.7 Å². The summed E-state index contributed by atoms with van der Waals surface area (Å²) in [7, 11) is 0. The quantitative estimate of drug-likeness (QED) is 0.863. The van der Waals surface area contributed by atoms with Crippen LogP contribution in [0.25, 0.3) is 12.2 Å². The van der Waals surface area contributed by atoms with Gasteiger partial charge in [0.2, 0.25) is 0 Å². The number of benzene rings is 2. The van der Waals surface area contributed by atoms with Crippen molar-refractivity contribution in [2.24, 2.45) is 0 Å². The van der Waals surface area contributed by atoms with Gasteiger partial charge in [-0.1, -0.05) is 73.3 Å². The number of alkyl carbamates (subject to hydrolysis) is 1. The highest BCUT2D eigenvalue weighted by Crippen LogP contribution is 2.07. The Hall–Kier alpha value is -2.81. The van der Waals surface area contributed by atoms with Crippen LogP contribution in [0.1, 0.15) is 16.7 Å². The number of carbonyl (C=O) groups is 1. The molecule has 0 spiro atoms. The maximum absolute atomic E-state index is 11.5. The van der Waals surface area contributed by atoms with Crippen molar-refractivity contribution in [2.45, 2.75) is 6.61 Å². The highest BCUT2D eigenvalue weighted by atomic mass is 16.5. The fourth-order valence-corrected chi connectivity index (χ4v) is 1.90. The second kappa shape index (κ2) is 8.47. The Morgan fingerprint density at radius 2 is 1.86 bits per heavy atom. The number of ether oxygens (including phenoxy) is 1.